The fourth-order valence-electron chi connectivity index (χ4n) is 3.55. The molecule has 0 bridgehead atoms. The number of hydrogen-bond donors (Lipinski definition) is 1. The highest BCUT2D eigenvalue weighted by molar-refractivity contribution is 5.92. The summed E-state index contributed by atoms with van der Waals surface area (Å²) in [5, 5.41) is 1.92. The first-order chi connectivity index (χ1) is 13.9. The van der Waals surface area contributed by atoms with Crippen LogP contribution in [0.15, 0.2) is 54.7 Å². The summed E-state index contributed by atoms with van der Waals surface area (Å²) in [6.45, 7) is 1.38. The van der Waals surface area contributed by atoms with Crippen LogP contribution in [-0.2, 0) is 6.54 Å². The standard InChI is InChI=1S/C22H21F2N3O2/c23-22(24)9-11-27(12-10-22)14-16-3-1-5-18-17(16)4-2-6-19(18)29-20-8-7-15(13-26-20)21(25)28/h1-8,13H,9-12,14H2,(H2,25,28). The van der Waals surface area contributed by atoms with Crippen molar-refractivity contribution < 1.29 is 18.3 Å². The molecule has 0 radical (unpaired) electrons. The number of nitrogens with zero attached hydrogens (tertiary/aromatic N) is 2. The molecular weight excluding hydrogens is 376 g/mol. The number of alkyl halides is 2. The van der Waals surface area contributed by atoms with Gasteiger partial charge in [0.1, 0.15) is 5.75 Å². The number of nitrogens with two attached hydrogens (primary N) is 1. The number of rotatable bonds is 5. The third-order valence-electron chi connectivity index (χ3n) is 5.19. The molecule has 2 N–H and O–H groups in total. The molecule has 1 aliphatic heterocycles. The number of likely N-dealkylation sites (tertiary alicyclic amines) is 1. The molecule has 2 heterocycles. The largest absolute Gasteiger partial charge is 0.438 e. The van der Waals surface area contributed by atoms with Gasteiger partial charge in [-0.1, -0.05) is 30.3 Å². The summed E-state index contributed by atoms with van der Waals surface area (Å²) in [6, 6.07) is 14.8. The molecule has 0 aliphatic carbocycles. The molecule has 3 aromatic rings. The summed E-state index contributed by atoms with van der Waals surface area (Å²) in [7, 11) is 0. The van der Waals surface area contributed by atoms with Gasteiger partial charge in [-0.3, -0.25) is 9.69 Å². The lowest BCUT2D eigenvalue weighted by Gasteiger charge is -2.31. The maximum absolute atomic E-state index is 13.4. The zero-order valence-corrected chi connectivity index (χ0v) is 15.8. The Morgan fingerprint density at radius 3 is 2.48 bits per heavy atom. The molecule has 1 aliphatic rings. The number of amides is 1. The molecule has 1 amide bonds. The summed E-state index contributed by atoms with van der Waals surface area (Å²) < 4.78 is 32.8. The third kappa shape index (κ3) is 4.35. The van der Waals surface area contributed by atoms with Crippen molar-refractivity contribution in [3.8, 4) is 11.6 Å². The summed E-state index contributed by atoms with van der Waals surface area (Å²) in [5.41, 5.74) is 6.61. The van der Waals surface area contributed by atoms with Gasteiger partial charge in [-0.2, -0.15) is 0 Å². The van der Waals surface area contributed by atoms with Crippen molar-refractivity contribution >= 4 is 16.7 Å². The number of carbonyl (C=O) groups excluding carboxylic acids is 1. The highest BCUT2D eigenvalue weighted by atomic mass is 19.3. The van der Waals surface area contributed by atoms with Crippen LogP contribution in [0.1, 0.15) is 28.8 Å². The van der Waals surface area contributed by atoms with Crippen molar-refractivity contribution in [1.29, 1.82) is 0 Å². The predicted molar refractivity (Wildman–Crippen MR) is 106 cm³/mol. The van der Waals surface area contributed by atoms with Crippen LogP contribution in [0.3, 0.4) is 0 Å². The lowest BCUT2D eigenvalue weighted by atomic mass is 10.0. The maximum Gasteiger partial charge on any atom is 0.250 e. The second-order valence-corrected chi connectivity index (χ2v) is 7.25. The monoisotopic (exact) mass is 397 g/mol. The van der Waals surface area contributed by atoms with Crippen molar-refractivity contribution in [3.63, 3.8) is 0 Å². The van der Waals surface area contributed by atoms with E-state index in [9.17, 15) is 13.6 Å². The first kappa shape index (κ1) is 19.3. The molecule has 5 nitrogen and oxygen atoms in total. The average molecular weight is 397 g/mol. The van der Waals surface area contributed by atoms with E-state index in [-0.39, 0.29) is 12.8 Å². The second-order valence-electron chi connectivity index (χ2n) is 7.25. The minimum absolute atomic E-state index is 0.0981. The SMILES string of the molecule is NC(=O)c1ccc(Oc2cccc3c(CN4CCC(F)(F)CC4)cccc23)nc1. The maximum atomic E-state index is 13.4. The van der Waals surface area contributed by atoms with Gasteiger partial charge in [0.2, 0.25) is 11.8 Å². The topological polar surface area (TPSA) is 68.5 Å². The van der Waals surface area contributed by atoms with Crippen LogP contribution in [0, 0.1) is 0 Å². The lowest BCUT2D eigenvalue weighted by Crippen LogP contribution is -2.38. The highest BCUT2D eigenvalue weighted by Crippen LogP contribution is 2.33. The van der Waals surface area contributed by atoms with Gasteiger partial charge in [0.25, 0.3) is 5.92 Å². The molecule has 0 atom stereocenters. The van der Waals surface area contributed by atoms with Gasteiger partial charge in [0.15, 0.2) is 0 Å². The van der Waals surface area contributed by atoms with Crippen molar-refractivity contribution in [1.82, 2.24) is 9.88 Å². The summed E-state index contributed by atoms with van der Waals surface area (Å²) in [6.07, 6.45) is 1.18. The number of primary amides is 1. The van der Waals surface area contributed by atoms with E-state index in [1.807, 2.05) is 36.4 Å². The summed E-state index contributed by atoms with van der Waals surface area (Å²) in [5.74, 6) is -2.11. The Morgan fingerprint density at radius 2 is 1.79 bits per heavy atom. The fourth-order valence-corrected chi connectivity index (χ4v) is 3.55. The van der Waals surface area contributed by atoms with Gasteiger partial charge in [-0.15, -0.1) is 0 Å². The van der Waals surface area contributed by atoms with Crippen LogP contribution < -0.4 is 10.5 Å². The number of halogens is 2. The predicted octanol–water partition coefficient (Wildman–Crippen LogP) is 4.36. The number of benzene rings is 2. The van der Waals surface area contributed by atoms with Crippen LogP contribution in [0.5, 0.6) is 11.6 Å². The Labute approximate surface area is 167 Å². The van der Waals surface area contributed by atoms with Crippen LogP contribution in [0.2, 0.25) is 0 Å². The number of ether oxygens (including phenoxy) is 1. The van der Waals surface area contributed by atoms with E-state index in [1.165, 1.54) is 6.20 Å². The number of piperidine rings is 1. The molecule has 0 unspecified atom stereocenters. The van der Waals surface area contributed by atoms with Gasteiger partial charge in [-0.05, 0) is 23.1 Å². The van der Waals surface area contributed by atoms with Crippen molar-refractivity contribution in [3.05, 3.63) is 65.9 Å². The summed E-state index contributed by atoms with van der Waals surface area (Å²) >= 11 is 0. The lowest BCUT2D eigenvalue weighted by molar-refractivity contribution is -0.0565. The van der Waals surface area contributed by atoms with Gasteiger partial charge in [0.05, 0.1) is 5.56 Å². The quantitative estimate of drug-likeness (QED) is 0.695. The molecule has 7 heteroatoms. The van der Waals surface area contributed by atoms with Gasteiger partial charge in [0, 0.05) is 50.1 Å². The first-order valence-corrected chi connectivity index (χ1v) is 9.46. The molecule has 4 rings (SSSR count). The van der Waals surface area contributed by atoms with Crippen molar-refractivity contribution in [2.75, 3.05) is 13.1 Å². The minimum Gasteiger partial charge on any atom is -0.438 e. The molecule has 0 saturated carbocycles. The first-order valence-electron chi connectivity index (χ1n) is 9.46. The number of hydrogen-bond acceptors (Lipinski definition) is 4. The van der Waals surface area contributed by atoms with Crippen molar-refractivity contribution in [2.24, 2.45) is 5.73 Å². The van der Waals surface area contributed by atoms with E-state index in [4.69, 9.17) is 10.5 Å². The molecule has 1 fully saturated rings. The van der Waals surface area contributed by atoms with E-state index >= 15 is 0 Å². The van der Waals surface area contributed by atoms with Crippen LogP contribution in [0.4, 0.5) is 8.78 Å². The van der Waals surface area contributed by atoms with Crippen LogP contribution in [0.25, 0.3) is 10.8 Å². The Morgan fingerprint density at radius 1 is 1.07 bits per heavy atom. The molecule has 150 valence electrons. The Kier molecular flexibility index (Phi) is 5.15. The number of pyridine rings is 1. The number of carbonyl (C=O) groups is 1. The van der Waals surface area contributed by atoms with Gasteiger partial charge < -0.3 is 10.5 Å². The molecule has 1 aromatic heterocycles. The van der Waals surface area contributed by atoms with E-state index in [2.05, 4.69) is 9.88 Å². The Balaban J connectivity index is 1.57. The second kappa shape index (κ2) is 7.75. The molecule has 29 heavy (non-hydrogen) atoms. The molecular formula is C22H21F2N3O2. The van der Waals surface area contributed by atoms with Gasteiger partial charge >= 0.3 is 0 Å². The van der Waals surface area contributed by atoms with Crippen molar-refractivity contribution in [2.45, 2.75) is 25.3 Å². The summed E-state index contributed by atoms with van der Waals surface area (Å²) in [4.78, 5) is 17.4. The van der Waals surface area contributed by atoms with Crippen LogP contribution in [-0.4, -0.2) is 34.8 Å². The Hall–Kier alpha value is -3.06. The zero-order valence-electron chi connectivity index (χ0n) is 15.8. The molecule has 1 saturated heterocycles. The smallest absolute Gasteiger partial charge is 0.250 e. The van der Waals surface area contributed by atoms with Gasteiger partial charge in [-0.25, -0.2) is 13.8 Å². The Bertz CT molecular complexity index is 1030. The third-order valence-corrected chi connectivity index (χ3v) is 5.19. The van der Waals surface area contributed by atoms with E-state index < -0.39 is 11.8 Å². The van der Waals surface area contributed by atoms with E-state index in [0.717, 1.165) is 16.3 Å². The molecule has 2 aromatic carbocycles. The zero-order chi connectivity index (χ0) is 20.4. The fraction of sp³-hybridized carbons (Fsp3) is 0.273. The minimum atomic E-state index is -2.55. The average Bonchev–Trinajstić information content (AvgIpc) is 2.71. The highest BCUT2D eigenvalue weighted by Gasteiger charge is 2.33. The van der Waals surface area contributed by atoms with E-state index in [1.54, 1.807) is 12.1 Å². The van der Waals surface area contributed by atoms with E-state index in [0.29, 0.717) is 36.8 Å². The molecule has 0 spiro atoms. The number of aromatic nitrogens is 1. The van der Waals surface area contributed by atoms with Crippen LogP contribution >= 0.6 is 0 Å². The normalized spacial score (nSPS) is 16.6. The number of fused-ring (bicyclic) bond motifs is 1.